The molecule has 0 saturated carbocycles. The molecule has 0 fully saturated rings. The number of fused-ring (bicyclic) bond motifs is 1. The van der Waals surface area contributed by atoms with Crippen molar-refractivity contribution in [3.63, 3.8) is 0 Å². The lowest BCUT2D eigenvalue weighted by Crippen LogP contribution is -2.41. The topological polar surface area (TPSA) is 55.2 Å². The number of hydrogen-bond donors (Lipinski definition) is 0. The average Bonchev–Trinajstić information content (AvgIpc) is 2.79. The molecule has 104 valence electrons. The summed E-state index contributed by atoms with van der Waals surface area (Å²) in [5, 5.41) is 0. The van der Waals surface area contributed by atoms with Crippen molar-refractivity contribution in [2.75, 3.05) is 6.54 Å². The van der Waals surface area contributed by atoms with Gasteiger partial charge in [-0.3, -0.25) is 9.59 Å². The van der Waals surface area contributed by atoms with E-state index in [0.717, 1.165) is 5.82 Å². The summed E-state index contributed by atoms with van der Waals surface area (Å²) in [6.07, 6.45) is 1.64. The van der Waals surface area contributed by atoms with Gasteiger partial charge in [0.05, 0.1) is 12.7 Å². The van der Waals surface area contributed by atoms with Crippen LogP contribution in [0.25, 0.3) is 0 Å². The second-order valence-corrected chi connectivity index (χ2v) is 5.64. The first-order valence-corrected chi connectivity index (χ1v) is 6.79. The van der Waals surface area contributed by atoms with Crippen LogP contribution in [0.1, 0.15) is 44.0 Å². The molecule has 0 aromatic carbocycles. The zero-order valence-electron chi connectivity index (χ0n) is 12.0. The summed E-state index contributed by atoms with van der Waals surface area (Å²) >= 11 is 0. The summed E-state index contributed by atoms with van der Waals surface area (Å²) in [6.45, 7) is 9.39. The van der Waals surface area contributed by atoms with Crippen molar-refractivity contribution in [2.24, 2.45) is 11.8 Å². The van der Waals surface area contributed by atoms with Gasteiger partial charge in [0.2, 0.25) is 5.91 Å². The number of nitrogens with zero attached hydrogens (tertiary/aromatic N) is 3. The van der Waals surface area contributed by atoms with Crippen LogP contribution in [0, 0.1) is 11.8 Å². The molecule has 1 amide bonds. The third-order valence-electron chi connectivity index (χ3n) is 3.45. The maximum atomic E-state index is 12.1. The van der Waals surface area contributed by atoms with E-state index < -0.39 is 0 Å². The maximum Gasteiger partial charge on any atom is 0.225 e. The Balaban J connectivity index is 2.21. The molecule has 0 bridgehead atoms. The summed E-state index contributed by atoms with van der Waals surface area (Å²) in [7, 11) is 0. The number of Topliss-reactive ketones (excluding diaryl/α,β-unsaturated/α-hetero) is 1. The highest BCUT2D eigenvalue weighted by molar-refractivity contribution is 5.95. The zero-order valence-corrected chi connectivity index (χ0v) is 12.0. The maximum absolute atomic E-state index is 12.1. The number of rotatable bonds is 3. The molecule has 0 spiro atoms. The van der Waals surface area contributed by atoms with Crippen LogP contribution in [-0.4, -0.2) is 32.7 Å². The SMILES string of the molecule is CC(C)C(=O)c1cnc2n1CCN(C(=O)C(C)C)C2. The van der Waals surface area contributed by atoms with Gasteiger partial charge in [0.15, 0.2) is 5.78 Å². The third-order valence-corrected chi connectivity index (χ3v) is 3.45. The van der Waals surface area contributed by atoms with Crippen molar-refractivity contribution in [2.45, 2.75) is 40.8 Å². The van der Waals surface area contributed by atoms with Gasteiger partial charge in [-0.05, 0) is 0 Å². The molecular formula is C14H21N3O2. The fourth-order valence-corrected chi connectivity index (χ4v) is 2.31. The Morgan fingerprint density at radius 3 is 2.42 bits per heavy atom. The Kier molecular flexibility index (Phi) is 3.73. The molecule has 1 aromatic heterocycles. The molecule has 1 aliphatic rings. The monoisotopic (exact) mass is 263 g/mol. The van der Waals surface area contributed by atoms with Crippen molar-refractivity contribution in [3.8, 4) is 0 Å². The summed E-state index contributed by atoms with van der Waals surface area (Å²) in [5.74, 6) is 1.03. The Morgan fingerprint density at radius 1 is 1.16 bits per heavy atom. The molecule has 0 unspecified atom stereocenters. The summed E-state index contributed by atoms with van der Waals surface area (Å²) < 4.78 is 1.95. The van der Waals surface area contributed by atoms with E-state index >= 15 is 0 Å². The molecule has 0 N–H and O–H groups in total. The lowest BCUT2D eigenvalue weighted by molar-refractivity contribution is -0.136. The van der Waals surface area contributed by atoms with Gasteiger partial charge in [0.25, 0.3) is 0 Å². The molecule has 0 saturated heterocycles. The summed E-state index contributed by atoms with van der Waals surface area (Å²) in [6, 6.07) is 0. The second kappa shape index (κ2) is 5.15. The first-order valence-electron chi connectivity index (χ1n) is 6.79. The molecule has 5 heteroatoms. The largest absolute Gasteiger partial charge is 0.333 e. The molecule has 0 radical (unpaired) electrons. The van der Waals surface area contributed by atoms with Crippen LogP contribution in [0.5, 0.6) is 0 Å². The van der Waals surface area contributed by atoms with Gasteiger partial charge in [-0.15, -0.1) is 0 Å². The smallest absolute Gasteiger partial charge is 0.225 e. The number of amides is 1. The number of aromatic nitrogens is 2. The highest BCUT2D eigenvalue weighted by Gasteiger charge is 2.27. The van der Waals surface area contributed by atoms with E-state index in [1.165, 1.54) is 0 Å². The lowest BCUT2D eigenvalue weighted by atomic mass is 10.1. The molecule has 0 aliphatic carbocycles. The minimum atomic E-state index is -0.0314. The molecule has 2 heterocycles. The summed E-state index contributed by atoms with van der Waals surface area (Å²) in [4.78, 5) is 30.2. The van der Waals surface area contributed by atoms with Gasteiger partial charge in [-0.1, -0.05) is 27.7 Å². The quantitative estimate of drug-likeness (QED) is 0.780. The van der Waals surface area contributed by atoms with E-state index in [0.29, 0.717) is 25.3 Å². The minimum absolute atomic E-state index is 0.00159. The van der Waals surface area contributed by atoms with Crippen LogP contribution in [0.2, 0.25) is 0 Å². The molecule has 5 nitrogen and oxygen atoms in total. The Morgan fingerprint density at radius 2 is 1.84 bits per heavy atom. The van der Waals surface area contributed by atoms with Crippen LogP contribution in [0.3, 0.4) is 0 Å². The predicted molar refractivity (Wildman–Crippen MR) is 71.7 cm³/mol. The Bertz CT molecular complexity index is 503. The van der Waals surface area contributed by atoms with Gasteiger partial charge < -0.3 is 9.47 Å². The van der Waals surface area contributed by atoms with Gasteiger partial charge in [-0.25, -0.2) is 4.98 Å². The average molecular weight is 263 g/mol. The van der Waals surface area contributed by atoms with Crippen molar-refractivity contribution in [1.29, 1.82) is 0 Å². The highest BCUT2D eigenvalue weighted by Crippen LogP contribution is 2.18. The predicted octanol–water partition coefficient (Wildman–Crippen LogP) is 1.72. The number of imidazole rings is 1. The van der Waals surface area contributed by atoms with Crippen LogP contribution >= 0.6 is 0 Å². The number of carbonyl (C=O) groups is 2. The molecular weight excluding hydrogens is 242 g/mol. The van der Waals surface area contributed by atoms with E-state index in [1.54, 1.807) is 6.20 Å². The van der Waals surface area contributed by atoms with Gasteiger partial charge in [-0.2, -0.15) is 0 Å². The fraction of sp³-hybridized carbons (Fsp3) is 0.643. The van der Waals surface area contributed by atoms with Gasteiger partial charge in [0.1, 0.15) is 11.5 Å². The van der Waals surface area contributed by atoms with Crippen LogP contribution in [-0.2, 0) is 17.9 Å². The summed E-state index contributed by atoms with van der Waals surface area (Å²) in [5.41, 5.74) is 0.668. The van der Waals surface area contributed by atoms with E-state index in [1.807, 2.05) is 37.2 Å². The Hall–Kier alpha value is -1.65. The van der Waals surface area contributed by atoms with Gasteiger partial charge >= 0.3 is 0 Å². The number of ketones is 1. The molecule has 19 heavy (non-hydrogen) atoms. The lowest BCUT2D eigenvalue weighted by Gasteiger charge is -2.29. The minimum Gasteiger partial charge on any atom is -0.333 e. The first kappa shape index (κ1) is 13.8. The molecule has 1 aromatic rings. The van der Waals surface area contributed by atoms with Gasteiger partial charge in [0, 0.05) is 24.9 Å². The molecule has 0 atom stereocenters. The fourth-order valence-electron chi connectivity index (χ4n) is 2.31. The number of carbonyl (C=O) groups excluding carboxylic acids is 2. The number of hydrogen-bond acceptors (Lipinski definition) is 3. The van der Waals surface area contributed by atoms with Crippen molar-refractivity contribution >= 4 is 11.7 Å². The first-order chi connectivity index (χ1) is 8.91. The van der Waals surface area contributed by atoms with E-state index in [2.05, 4.69) is 4.98 Å². The van der Waals surface area contributed by atoms with Crippen LogP contribution < -0.4 is 0 Å². The standard InChI is InChI=1S/C14H21N3O2/c1-9(2)13(18)11-7-15-12-8-16(5-6-17(11)12)14(19)10(3)4/h7,9-10H,5-6,8H2,1-4H3. The zero-order chi connectivity index (χ0) is 14.2. The van der Waals surface area contributed by atoms with E-state index in [4.69, 9.17) is 0 Å². The van der Waals surface area contributed by atoms with Crippen molar-refractivity contribution < 1.29 is 9.59 Å². The normalized spacial score (nSPS) is 14.9. The van der Waals surface area contributed by atoms with Crippen molar-refractivity contribution in [1.82, 2.24) is 14.5 Å². The van der Waals surface area contributed by atoms with E-state index in [9.17, 15) is 9.59 Å². The second-order valence-electron chi connectivity index (χ2n) is 5.64. The van der Waals surface area contributed by atoms with E-state index in [-0.39, 0.29) is 23.5 Å². The van der Waals surface area contributed by atoms with Crippen molar-refractivity contribution in [3.05, 3.63) is 17.7 Å². The van der Waals surface area contributed by atoms with Crippen LogP contribution in [0.15, 0.2) is 6.20 Å². The van der Waals surface area contributed by atoms with Crippen LogP contribution in [0.4, 0.5) is 0 Å². The molecule has 1 aliphatic heterocycles. The molecule has 2 rings (SSSR count). The Labute approximate surface area is 113 Å². The highest BCUT2D eigenvalue weighted by atomic mass is 16.2. The third kappa shape index (κ3) is 2.55.